The average molecular weight is 356 g/mol. The van der Waals surface area contributed by atoms with Crippen LogP contribution in [0.1, 0.15) is 6.92 Å². The van der Waals surface area contributed by atoms with Gasteiger partial charge < -0.3 is 10.1 Å². The van der Waals surface area contributed by atoms with Crippen molar-refractivity contribution < 1.29 is 19.2 Å². The number of Topliss-reactive ketones (excluding diaryl/α,β-unsaturated/α-hetero) is 1. The SMILES string of the molecule is COc1ccccc1NC(=O)C(N=Nc1ccccc1[N+](=O)[O-])C(C)=O. The normalized spacial score (nSPS) is 11.8. The maximum absolute atomic E-state index is 12.4. The number of ketones is 1. The first kappa shape index (κ1) is 18.7. The van der Waals surface area contributed by atoms with Crippen molar-refractivity contribution in [1.82, 2.24) is 0 Å². The third-order valence-corrected chi connectivity index (χ3v) is 3.36. The fourth-order valence-electron chi connectivity index (χ4n) is 2.09. The largest absolute Gasteiger partial charge is 0.495 e. The number of methoxy groups -OCH3 is 1. The Bertz CT molecular complexity index is 866. The van der Waals surface area contributed by atoms with Crippen molar-refractivity contribution in [3.8, 4) is 5.75 Å². The summed E-state index contributed by atoms with van der Waals surface area (Å²) >= 11 is 0. The minimum absolute atomic E-state index is 0.0474. The van der Waals surface area contributed by atoms with Gasteiger partial charge in [0.25, 0.3) is 11.6 Å². The number of nitro benzene ring substituents is 1. The Morgan fingerprint density at radius 2 is 1.81 bits per heavy atom. The van der Waals surface area contributed by atoms with Crippen LogP contribution in [0.2, 0.25) is 0 Å². The number of carbonyl (C=O) groups is 2. The Hall–Kier alpha value is -3.62. The standard InChI is InChI=1S/C17H16N4O5/c1-11(22)16(17(23)18-13-8-4-6-10-15(13)26-2)20-19-12-7-3-5-9-14(12)21(24)25/h3-10,16H,1-2H3,(H,18,23). The molecule has 0 fully saturated rings. The number of amides is 1. The lowest BCUT2D eigenvalue weighted by Crippen LogP contribution is -2.31. The second-order valence-electron chi connectivity index (χ2n) is 5.16. The number of nitrogens with zero attached hydrogens (tertiary/aromatic N) is 3. The van der Waals surface area contributed by atoms with Crippen molar-refractivity contribution in [3.05, 3.63) is 58.6 Å². The van der Waals surface area contributed by atoms with E-state index in [1.54, 1.807) is 30.3 Å². The molecule has 26 heavy (non-hydrogen) atoms. The van der Waals surface area contributed by atoms with Crippen LogP contribution >= 0.6 is 0 Å². The molecule has 2 aromatic carbocycles. The van der Waals surface area contributed by atoms with Crippen LogP contribution in [0.25, 0.3) is 0 Å². The van der Waals surface area contributed by atoms with Gasteiger partial charge in [-0.25, -0.2) is 0 Å². The van der Waals surface area contributed by atoms with E-state index in [-0.39, 0.29) is 11.4 Å². The molecule has 0 heterocycles. The van der Waals surface area contributed by atoms with E-state index in [9.17, 15) is 19.7 Å². The van der Waals surface area contributed by atoms with Gasteiger partial charge in [0.2, 0.25) is 6.04 Å². The number of azo groups is 1. The minimum atomic E-state index is -1.44. The summed E-state index contributed by atoms with van der Waals surface area (Å²) in [6, 6.07) is 10.9. The van der Waals surface area contributed by atoms with Crippen LogP contribution in [0.5, 0.6) is 5.75 Å². The molecule has 0 spiro atoms. The Labute approximate surface area is 148 Å². The number of nitrogens with one attached hydrogen (secondary N) is 1. The van der Waals surface area contributed by atoms with Crippen LogP contribution in [0, 0.1) is 10.1 Å². The summed E-state index contributed by atoms with van der Waals surface area (Å²) in [5.41, 5.74) is 0.0460. The van der Waals surface area contributed by atoms with Gasteiger partial charge in [0, 0.05) is 6.07 Å². The van der Waals surface area contributed by atoms with Crippen molar-refractivity contribution in [3.63, 3.8) is 0 Å². The number of rotatable bonds is 7. The molecule has 1 N–H and O–H groups in total. The summed E-state index contributed by atoms with van der Waals surface area (Å²) in [6.45, 7) is 1.19. The van der Waals surface area contributed by atoms with Gasteiger partial charge in [-0.2, -0.15) is 5.11 Å². The van der Waals surface area contributed by atoms with E-state index in [4.69, 9.17) is 4.74 Å². The maximum atomic E-state index is 12.4. The van der Waals surface area contributed by atoms with Crippen LogP contribution in [0.15, 0.2) is 58.8 Å². The van der Waals surface area contributed by atoms with Gasteiger partial charge in [-0.3, -0.25) is 19.7 Å². The molecule has 2 aromatic rings. The molecular formula is C17H16N4O5. The predicted molar refractivity (Wildman–Crippen MR) is 93.7 cm³/mol. The zero-order valence-electron chi connectivity index (χ0n) is 14.1. The summed E-state index contributed by atoms with van der Waals surface area (Å²) in [6.07, 6.45) is 0. The molecular weight excluding hydrogens is 340 g/mol. The topological polar surface area (TPSA) is 123 Å². The highest BCUT2D eigenvalue weighted by molar-refractivity contribution is 6.10. The molecule has 134 valence electrons. The molecule has 0 saturated carbocycles. The highest BCUT2D eigenvalue weighted by atomic mass is 16.6. The van der Waals surface area contributed by atoms with E-state index in [0.717, 1.165) is 0 Å². The molecule has 9 nitrogen and oxygen atoms in total. The molecule has 1 amide bonds. The predicted octanol–water partition coefficient (Wildman–Crippen LogP) is 3.28. The Morgan fingerprint density at radius 3 is 2.46 bits per heavy atom. The molecule has 1 unspecified atom stereocenters. The summed E-state index contributed by atoms with van der Waals surface area (Å²) in [5, 5.41) is 21.0. The zero-order chi connectivity index (χ0) is 19.1. The number of nitro groups is 1. The number of anilines is 1. The molecule has 2 rings (SSSR count). The molecule has 0 bridgehead atoms. The van der Waals surface area contributed by atoms with Crippen molar-refractivity contribution in [2.75, 3.05) is 12.4 Å². The lowest BCUT2D eigenvalue weighted by Gasteiger charge is -2.12. The Morgan fingerprint density at radius 1 is 1.15 bits per heavy atom. The third-order valence-electron chi connectivity index (χ3n) is 3.36. The lowest BCUT2D eigenvalue weighted by molar-refractivity contribution is -0.384. The van der Waals surface area contributed by atoms with Crippen molar-refractivity contribution in [2.45, 2.75) is 13.0 Å². The monoisotopic (exact) mass is 356 g/mol. The molecule has 0 aliphatic heterocycles. The van der Waals surface area contributed by atoms with Gasteiger partial charge in [-0.15, -0.1) is 5.11 Å². The van der Waals surface area contributed by atoms with Crippen LogP contribution < -0.4 is 10.1 Å². The summed E-state index contributed by atoms with van der Waals surface area (Å²) < 4.78 is 5.13. The molecule has 0 aromatic heterocycles. The van der Waals surface area contributed by atoms with Crippen molar-refractivity contribution in [1.29, 1.82) is 0 Å². The van der Waals surface area contributed by atoms with Gasteiger partial charge in [0.1, 0.15) is 5.75 Å². The fourth-order valence-corrected chi connectivity index (χ4v) is 2.09. The van der Waals surface area contributed by atoms with E-state index in [2.05, 4.69) is 15.5 Å². The van der Waals surface area contributed by atoms with Crippen molar-refractivity contribution in [2.24, 2.45) is 10.2 Å². The second kappa shape index (κ2) is 8.47. The van der Waals surface area contributed by atoms with E-state index >= 15 is 0 Å². The third kappa shape index (κ3) is 4.47. The number of benzene rings is 2. The molecule has 0 radical (unpaired) electrons. The molecule has 0 aliphatic rings. The summed E-state index contributed by atoms with van der Waals surface area (Å²) in [4.78, 5) is 34.5. The summed E-state index contributed by atoms with van der Waals surface area (Å²) in [5.74, 6) is -0.858. The van der Waals surface area contributed by atoms with Gasteiger partial charge in [-0.05, 0) is 25.1 Å². The highest BCUT2D eigenvalue weighted by Gasteiger charge is 2.24. The first-order valence-electron chi connectivity index (χ1n) is 7.52. The Kier molecular flexibility index (Phi) is 6.10. The number of carbonyl (C=O) groups excluding carboxylic acids is 2. The quantitative estimate of drug-likeness (QED) is 0.353. The molecule has 1 atom stereocenters. The lowest BCUT2D eigenvalue weighted by atomic mass is 10.2. The number of ether oxygens (including phenoxy) is 1. The molecule has 9 heteroatoms. The van der Waals surface area contributed by atoms with E-state index in [0.29, 0.717) is 11.4 Å². The van der Waals surface area contributed by atoms with Gasteiger partial charge in [-0.1, -0.05) is 24.3 Å². The average Bonchev–Trinajstić information content (AvgIpc) is 2.62. The molecule has 0 aliphatic carbocycles. The minimum Gasteiger partial charge on any atom is -0.495 e. The highest BCUT2D eigenvalue weighted by Crippen LogP contribution is 2.27. The van der Waals surface area contributed by atoms with Crippen LogP contribution in [-0.2, 0) is 9.59 Å². The van der Waals surface area contributed by atoms with Crippen LogP contribution in [0.3, 0.4) is 0 Å². The zero-order valence-corrected chi connectivity index (χ0v) is 14.1. The van der Waals surface area contributed by atoms with Gasteiger partial charge in [0.05, 0.1) is 17.7 Å². The van der Waals surface area contributed by atoms with E-state index in [1.807, 2.05) is 0 Å². The van der Waals surface area contributed by atoms with Crippen LogP contribution in [0.4, 0.5) is 17.1 Å². The van der Waals surface area contributed by atoms with Crippen LogP contribution in [-0.4, -0.2) is 29.8 Å². The number of hydrogen-bond acceptors (Lipinski definition) is 7. The van der Waals surface area contributed by atoms with E-state index < -0.39 is 22.7 Å². The second-order valence-corrected chi connectivity index (χ2v) is 5.16. The maximum Gasteiger partial charge on any atom is 0.296 e. The fraction of sp³-hybridized carbons (Fsp3) is 0.176. The van der Waals surface area contributed by atoms with Gasteiger partial charge >= 0.3 is 0 Å². The number of para-hydroxylation sites is 3. The van der Waals surface area contributed by atoms with Gasteiger partial charge in [0.15, 0.2) is 11.5 Å². The number of hydrogen-bond donors (Lipinski definition) is 1. The van der Waals surface area contributed by atoms with Crippen molar-refractivity contribution >= 4 is 28.8 Å². The first-order valence-corrected chi connectivity index (χ1v) is 7.52. The first-order chi connectivity index (χ1) is 12.4. The van der Waals surface area contributed by atoms with E-state index in [1.165, 1.54) is 32.2 Å². The Balaban J connectivity index is 2.25. The molecule has 0 saturated heterocycles. The smallest absolute Gasteiger partial charge is 0.296 e. The summed E-state index contributed by atoms with van der Waals surface area (Å²) in [7, 11) is 1.45.